The number of hydrogen-bond donors (Lipinski definition) is 0. The van der Waals surface area contributed by atoms with E-state index in [9.17, 15) is 4.79 Å². The standard InChI is InChI=1S/C27H33NO2PSi/c1-32(2,3)22-21-30-28-20-19-26(27(28)29)31(23-13-7-4-8-14-23,24-15-9-5-10-16-24)25-17-11-6-12-18-25/h4-18,26H,19-22H2,1-3H3/q+1/t26-/m1/s1. The number of carbonyl (C=O) groups excluding carboxylic acids is 1. The third kappa shape index (κ3) is 4.59. The van der Waals surface area contributed by atoms with Gasteiger partial charge in [0.15, 0.2) is 5.66 Å². The number of benzene rings is 3. The van der Waals surface area contributed by atoms with E-state index in [2.05, 4.69) is 111 Å². The lowest BCUT2D eigenvalue weighted by Crippen LogP contribution is -2.43. The van der Waals surface area contributed by atoms with E-state index in [1.54, 1.807) is 5.06 Å². The molecule has 166 valence electrons. The Balaban J connectivity index is 1.79. The molecule has 0 unspecified atom stereocenters. The Kier molecular flexibility index (Phi) is 6.95. The van der Waals surface area contributed by atoms with Gasteiger partial charge in [0.05, 0.1) is 13.2 Å². The molecule has 0 aromatic heterocycles. The summed E-state index contributed by atoms with van der Waals surface area (Å²) in [5.74, 6) is 0.130. The van der Waals surface area contributed by atoms with Crippen molar-refractivity contribution in [3.05, 3.63) is 91.0 Å². The maximum Gasteiger partial charge on any atom is 0.288 e. The van der Waals surface area contributed by atoms with Crippen LogP contribution in [0, 0.1) is 0 Å². The van der Waals surface area contributed by atoms with Crippen LogP contribution < -0.4 is 15.9 Å². The molecule has 32 heavy (non-hydrogen) atoms. The maximum atomic E-state index is 13.9. The van der Waals surface area contributed by atoms with Crippen LogP contribution in [0.1, 0.15) is 6.42 Å². The maximum absolute atomic E-state index is 13.9. The molecular formula is C27H33NO2PSi+. The van der Waals surface area contributed by atoms with Gasteiger partial charge >= 0.3 is 0 Å². The predicted molar refractivity (Wildman–Crippen MR) is 139 cm³/mol. The van der Waals surface area contributed by atoms with Crippen LogP contribution >= 0.6 is 7.26 Å². The Labute approximate surface area is 193 Å². The van der Waals surface area contributed by atoms with Gasteiger partial charge in [-0.25, -0.2) is 5.06 Å². The van der Waals surface area contributed by atoms with Gasteiger partial charge in [0.2, 0.25) is 0 Å². The molecule has 0 aliphatic carbocycles. The van der Waals surface area contributed by atoms with Gasteiger partial charge in [-0.15, -0.1) is 0 Å². The van der Waals surface area contributed by atoms with Crippen LogP contribution in [0.3, 0.4) is 0 Å². The fraction of sp³-hybridized carbons (Fsp3) is 0.296. The zero-order valence-electron chi connectivity index (χ0n) is 19.3. The van der Waals surface area contributed by atoms with E-state index in [0.29, 0.717) is 13.2 Å². The summed E-state index contributed by atoms with van der Waals surface area (Å²) in [5, 5.41) is 5.41. The smallest absolute Gasteiger partial charge is 0.271 e. The number of carbonyl (C=O) groups is 1. The van der Waals surface area contributed by atoms with E-state index < -0.39 is 15.3 Å². The van der Waals surface area contributed by atoms with Crippen LogP contribution in [-0.4, -0.2) is 37.9 Å². The number of hydrogen-bond acceptors (Lipinski definition) is 2. The molecule has 1 atom stereocenters. The lowest BCUT2D eigenvalue weighted by molar-refractivity contribution is -0.175. The normalized spacial score (nSPS) is 17.0. The average Bonchev–Trinajstić information content (AvgIpc) is 3.16. The quantitative estimate of drug-likeness (QED) is 0.354. The molecule has 0 radical (unpaired) electrons. The minimum Gasteiger partial charge on any atom is -0.271 e. The van der Waals surface area contributed by atoms with Crippen molar-refractivity contribution in [2.24, 2.45) is 0 Å². The van der Waals surface area contributed by atoms with Crippen molar-refractivity contribution in [2.45, 2.75) is 37.8 Å². The van der Waals surface area contributed by atoms with E-state index in [1.165, 1.54) is 15.9 Å². The Morgan fingerprint density at radius 3 is 1.66 bits per heavy atom. The molecule has 1 aliphatic heterocycles. The van der Waals surface area contributed by atoms with Gasteiger partial charge in [0.25, 0.3) is 5.91 Å². The number of nitrogens with zero attached hydrogens (tertiary/aromatic N) is 1. The summed E-state index contributed by atoms with van der Waals surface area (Å²) in [4.78, 5) is 19.9. The zero-order valence-corrected chi connectivity index (χ0v) is 21.2. The molecule has 0 N–H and O–H groups in total. The van der Waals surface area contributed by atoms with Gasteiger partial charge in [-0.1, -0.05) is 74.2 Å². The summed E-state index contributed by atoms with van der Waals surface area (Å²) in [6.07, 6.45) is 0.804. The first-order valence-electron chi connectivity index (χ1n) is 11.4. The molecule has 1 saturated heterocycles. The molecule has 1 aliphatic rings. The van der Waals surface area contributed by atoms with Crippen LogP contribution in [0.5, 0.6) is 0 Å². The molecule has 4 rings (SSSR count). The second-order valence-electron chi connectivity index (χ2n) is 9.62. The molecule has 1 amide bonds. The Bertz CT molecular complexity index is 925. The molecule has 1 heterocycles. The molecule has 1 fully saturated rings. The first kappa shape index (κ1) is 22.9. The highest BCUT2D eigenvalue weighted by Gasteiger charge is 2.59. The highest BCUT2D eigenvalue weighted by atomic mass is 31.2. The van der Waals surface area contributed by atoms with Crippen molar-refractivity contribution in [3.63, 3.8) is 0 Å². The van der Waals surface area contributed by atoms with Gasteiger partial charge < -0.3 is 0 Å². The van der Waals surface area contributed by atoms with E-state index in [4.69, 9.17) is 4.84 Å². The molecule has 0 bridgehead atoms. The predicted octanol–water partition coefficient (Wildman–Crippen LogP) is 4.85. The molecule has 3 aromatic carbocycles. The van der Waals surface area contributed by atoms with Crippen molar-refractivity contribution >= 4 is 37.2 Å². The van der Waals surface area contributed by atoms with Crippen LogP contribution in [0.15, 0.2) is 91.0 Å². The van der Waals surface area contributed by atoms with Crippen molar-refractivity contribution in [1.29, 1.82) is 0 Å². The van der Waals surface area contributed by atoms with E-state index in [-0.39, 0.29) is 11.6 Å². The van der Waals surface area contributed by atoms with E-state index in [0.717, 1.165) is 12.5 Å². The lowest BCUT2D eigenvalue weighted by atomic mass is 10.3. The van der Waals surface area contributed by atoms with Crippen molar-refractivity contribution in [1.82, 2.24) is 5.06 Å². The van der Waals surface area contributed by atoms with Gasteiger partial charge in [-0.05, 0) is 42.4 Å². The summed E-state index contributed by atoms with van der Waals surface area (Å²) in [5.41, 5.74) is -0.124. The molecule has 5 heteroatoms. The molecule has 0 saturated carbocycles. The minimum absolute atomic E-state index is 0.124. The summed E-state index contributed by atoms with van der Waals surface area (Å²) in [6.45, 7) is 8.29. The third-order valence-electron chi connectivity index (χ3n) is 6.19. The second kappa shape index (κ2) is 9.70. The van der Waals surface area contributed by atoms with Gasteiger partial charge in [-0.2, -0.15) is 0 Å². The van der Waals surface area contributed by atoms with Gasteiger partial charge in [-0.3, -0.25) is 9.63 Å². The molecule has 0 spiro atoms. The van der Waals surface area contributed by atoms with Crippen molar-refractivity contribution < 1.29 is 9.63 Å². The monoisotopic (exact) mass is 462 g/mol. The molecule has 3 aromatic rings. The van der Waals surface area contributed by atoms with Crippen molar-refractivity contribution in [3.8, 4) is 0 Å². The van der Waals surface area contributed by atoms with Crippen molar-refractivity contribution in [2.75, 3.05) is 13.2 Å². The zero-order chi connectivity index (χ0) is 22.6. The fourth-order valence-electron chi connectivity index (χ4n) is 4.57. The first-order valence-corrected chi connectivity index (χ1v) is 17.0. The second-order valence-corrected chi connectivity index (χ2v) is 18.9. The number of rotatable bonds is 8. The minimum atomic E-state index is -2.22. The van der Waals surface area contributed by atoms with E-state index >= 15 is 0 Å². The highest BCUT2D eigenvalue weighted by Crippen LogP contribution is 2.62. The summed E-state index contributed by atoms with van der Waals surface area (Å²) in [7, 11) is -3.44. The van der Waals surface area contributed by atoms with Gasteiger partial charge in [0.1, 0.15) is 23.2 Å². The summed E-state index contributed by atoms with van der Waals surface area (Å²) in [6, 6.07) is 33.0. The Hall–Kier alpha value is -2.26. The van der Waals surface area contributed by atoms with Crippen LogP contribution in [0.4, 0.5) is 0 Å². The first-order chi connectivity index (χ1) is 15.4. The molecular weight excluding hydrogens is 429 g/mol. The average molecular weight is 463 g/mol. The lowest BCUT2D eigenvalue weighted by Gasteiger charge is -2.31. The summed E-state index contributed by atoms with van der Waals surface area (Å²) >= 11 is 0. The molecule has 3 nitrogen and oxygen atoms in total. The number of amides is 1. The fourth-order valence-corrected chi connectivity index (χ4v) is 10.1. The topological polar surface area (TPSA) is 29.5 Å². The Morgan fingerprint density at radius 2 is 1.25 bits per heavy atom. The van der Waals surface area contributed by atoms with Crippen LogP contribution in [0.25, 0.3) is 0 Å². The summed E-state index contributed by atoms with van der Waals surface area (Å²) < 4.78 is 0. The highest BCUT2D eigenvalue weighted by molar-refractivity contribution is 7.96. The SMILES string of the molecule is C[Si](C)(C)CCON1CC[C@@H]([P+](c2ccccc2)(c2ccccc2)c2ccccc2)C1=O. The number of hydroxylamine groups is 2. The van der Waals surface area contributed by atoms with Gasteiger partial charge in [0, 0.05) is 14.5 Å². The Morgan fingerprint density at radius 1 is 0.812 bits per heavy atom. The van der Waals surface area contributed by atoms with E-state index in [1.807, 2.05) is 0 Å². The van der Waals surface area contributed by atoms with Crippen LogP contribution in [-0.2, 0) is 9.63 Å². The third-order valence-corrected chi connectivity index (χ3v) is 12.6. The largest absolute Gasteiger partial charge is 0.288 e. The van der Waals surface area contributed by atoms with Crippen LogP contribution in [0.2, 0.25) is 25.7 Å².